The van der Waals surface area contributed by atoms with Gasteiger partial charge in [-0.15, -0.1) is 0 Å². The van der Waals surface area contributed by atoms with Gasteiger partial charge in [0.15, 0.2) is 5.78 Å². The van der Waals surface area contributed by atoms with Crippen LogP contribution < -0.4 is 4.74 Å². The van der Waals surface area contributed by atoms with Crippen molar-refractivity contribution in [2.24, 2.45) is 5.92 Å². The van der Waals surface area contributed by atoms with Gasteiger partial charge in [-0.3, -0.25) is 4.79 Å². The maximum absolute atomic E-state index is 14.7. The summed E-state index contributed by atoms with van der Waals surface area (Å²) in [5, 5.41) is 0. The monoisotopic (exact) mass is 532 g/mol. The van der Waals surface area contributed by atoms with Gasteiger partial charge in [0.2, 0.25) is 0 Å². The number of hydrogen-bond acceptors (Lipinski definition) is 2. The van der Waals surface area contributed by atoms with E-state index in [0.717, 1.165) is 36.0 Å². The fourth-order valence-electron chi connectivity index (χ4n) is 5.69. The van der Waals surface area contributed by atoms with E-state index in [1.807, 2.05) is 18.2 Å². The van der Waals surface area contributed by atoms with Gasteiger partial charge in [0.05, 0.1) is 12.7 Å². The van der Waals surface area contributed by atoms with Crippen molar-refractivity contribution < 1.29 is 27.1 Å². The van der Waals surface area contributed by atoms with Gasteiger partial charge in [-0.1, -0.05) is 59.7 Å². The summed E-state index contributed by atoms with van der Waals surface area (Å²) in [6, 6.07) is 12.7. The Labute approximate surface area is 225 Å². The van der Waals surface area contributed by atoms with Crippen molar-refractivity contribution in [3.05, 3.63) is 129 Å². The van der Waals surface area contributed by atoms with E-state index in [1.54, 1.807) is 25.3 Å². The van der Waals surface area contributed by atoms with Crippen molar-refractivity contribution in [2.75, 3.05) is 7.11 Å². The first kappa shape index (κ1) is 26.7. The predicted octanol–water partition coefficient (Wildman–Crippen LogP) is 8.53. The minimum Gasteiger partial charge on any atom is -0.496 e. The molecule has 0 amide bonds. The number of methoxy groups -OCH3 is 1. The standard InChI is InChI=1S/C33H28F4O2/c1-19-6-7-20(14-19)8-9-22-4-3-5-26(33(22)39-2)27-15-23(21-10-12-24(34)13-11-21)16-28(27)32(38)31-29(36)17-25(35)18-30(31)37/h3-6,10-14,16-18,27-28H,7-9,15H2,1-2H3. The number of ether oxygens (including phenoxy) is 1. The molecule has 3 aromatic carbocycles. The van der Waals surface area contributed by atoms with Gasteiger partial charge in [0.1, 0.15) is 29.0 Å². The van der Waals surface area contributed by atoms with E-state index in [0.29, 0.717) is 29.9 Å². The number of halogens is 4. The third-order valence-electron chi connectivity index (χ3n) is 7.59. The molecule has 0 heterocycles. The van der Waals surface area contributed by atoms with Crippen LogP contribution in [0.4, 0.5) is 17.6 Å². The Morgan fingerprint density at radius 2 is 1.67 bits per heavy atom. The second-order valence-electron chi connectivity index (χ2n) is 10.1. The Bertz CT molecular complexity index is 1490. The third-order valence-corrected chi connectivity index (χ3v) is 7.59. The topological polar surface area (TPSA) is 26.3 Å². The lowest BCUT2D eigenvalue weighted by atomic mass is 9.81. The number of aryl methyl sites for hydroxylation is 1. The first-order chi connectivity index (χ1) is 18.7. The van der Waals surface area contributed by atoms with Crippen LogP contribution in [0, 0.1) is 29.2 Å². The van der Waals surface area contributed by atoms with Gasteiger partial charge in [-0.2, -0.15) is 0 Å². The highest BCUT2D eigenvalue weighted by atomic mass is 19.1. The summed E-state index contributed by atoms with van der Waals surface area (Å²) in [4.78, 5) is 13.7. The van der Waals surface area contributed by atoms with Crippen LogP contribution >= 0.6 is 0 Å². The molecular weight excluding hydrogens is 504 g/mol. The molecule has 0 aliphatic heterocycles. The van der Waals surface area contributed by atoms with Crippen LogP contribution in [-0.2, 0) is 6.42 Å². The lowest BCUT2D eigenvalue weighted by Crippen LogP contribution is -2.21. The zero-order valence-corrected chi connectivity index (χ0v) is 21.7. The van der Waals surface area contributed by atoms with Crippen molar-refractivity contribution >= 4 is 11.4 Å². The summed E-state index contributed by atoms with van der Waals surface area (Å²) in [5.41, 5.74) is 5.00. The zero-order valence-electron chi connectivity index (χ0n) is 21.7. The Hall–Kier alpha value is -3.93. The molecule has 2 nitrogen and oxygen atoms in total. The molecule has 2 unspecified atom stereocenters. The van der Waals surface area contributed by atoms with Crippen molar-refractivity contribution in [1.29, 1.82) is 0 Å². The second kappa shape index (κ2) is 11.0. The van der Waals surface area contributed by atoms with Crippen LogP contribution in [0.1, 0.15) is 59.2 Å². The number of Topliss-reactive ketones (excluding diaryl/α,β-unsaturated/α-hetero) is 1. The average Bonchev–Trinajstić information content (AvgIpc) is 3.53. The molecule has 39 heavy (non-hydrogen) atoms. The summed E-state index contributed by atoms with van der Waals surface area (Å²) in [5.74, 6) is -5.55. The zero-order chi connectivity index (χ0) is 27.7. The molecule has 2 aliphatic carbocycles. The van der Waals surface area contributed by atoms with Crippen LogP contribution in [0.2, 0.25) is 0 Å². The van der Waals surface area contributed by atoms with E-state index >= 15 is 0 Å². The Kier molecular flexibility index (Phi) is 7.56. The number of rotatable bonds is 8. The van der Waals surface area contributed by atoms with E-state index in [9.17, 15) is 22.4 Å². The number of benzene rings is 3. The maximum Gasteiger partial charge on any atom is 0.176 e. The van der Waals surface area contributed by atoms with E-state index in [-0.39, 0.29) is 0 Å². The molecule has 2 aliphatic rings. The van der Waals surface area contributed by atoms with Crippen LogP contribution in [0.25, 0.3) is 5.57 Å². The molecule has 0 radical (unpaired) electrons. The second-order valence-corrected chi connectivity index (χ2v) is 10.1. The van der Waals surface area contributed by atoms with E-state index in [2.05, 4.69) is 19.1 Å². The van der Waals surface area contributed by atoms with E-state index in [4.69, 9.17) is 4.74 Å². The lowest BCUT2D eigenvalue weighted by molar-refractivity contribution is 0.0925. The highest BCUT2D eigenvalue weighted by molar-refractivity contribution is 6.02. The quantitative estimate of drug-likeness (QED) is 0.215. The molecule has 6 heteroatoms. The molecule has 3 aromatic rings. The summed E-state index contributed by atoms with van der Waals surface area (Å²) in [6.07, 6.45) is 8.95. The van der Waals surface area contributed by atoms with E-state index in [1.165, 1.54) is 23.3 Å². The third kappa shape index (κ3) is 5.47. The largest absolute Gasteiger partial charge is 0.496 e. The molecule has 0 spiro atoms. The van der Waals surface area contributed by atoms with Crippen molar-refractivity contribution in [3.8, 4) is 5.75 Å². The Balaban J connectivity index is 1.54. The normalized spacial score (nSPS) is 18.6. The van der Waals surface area contributed by atoms with Gasteiger partial charge < -0.3 is 4.74 Å². The van der Waals surface area contributed by atoms with Crippen molar-refractivity contribution in [3.63, 3.8) is 0 Å². The molecule has 200 valence electrons. The Morgan fingerprint density at radius 3 is 2.31 bits per heavy atom. The number of allylic oxidation sites excluding steroid dienone is 6. The minimum absolute atomic E-state index is 0.376. The average molecular weight is 533 g/mol. The number of ketones is 1. The van der Waals surface area contributed by atoms with Crippen LogP contribution in [0.3, 0.4) is 0 Å². The van der Waals surface area contributed by atoms with E-state index < -0.39 is 46.5 Å². The maximum atomic E-state index is 14.7. The molecule has 0 bridgehead atoms. The molecule has 0 saturated heterocycles. The predicted molar refractivity (Wildman–Crippen MR) is 144 cm³/mol. The number of carbonyl (C=O) groups excluding carboxylic acids is 1. The van der Waals surface area contributed by atoms with Gasteiger partial charge in [-0.25, -0.2) is 17.6 Å². The molecular formula is C33H28F4O2. The van der Waals surface area contributed by atoms with Gasteiger partial charge >= 0.3 is 0 Å². The number of carbonyl (C=O) groups is 1. The fourth-order valence-corrected chi connectivity index (χ4v) is 5.69. The summed E-state index contributed by atoms with van der Waals surface area (Å²) >= 11 is 0. The number of para-hydroxylation sites is 1. The summed E-state index contributed by atoms with van der Waals surface area (Å²) < 4.78 is 62.5. The first-order valence-corrected chi connectivity index (χ1v) is 12.9. The number of hydrogen-bond donors (Lipinski definition) is 0. The molecule has 0 N–H and O–H groups in total. The SMILES string of the molecule is COc1c(CCC2=CC(C)=CC2)cccc1C1CC(c2ccc(F)cc2)=CC1C(=O)c1c(F)cc(F)cc1F. The van der Waals surface area contributed by atoms with Gasteiger partial charge in [0.25, 0.3) is 0 Å². The molecule has 5 rings (SSSR count). The highest BCUT2D eigenvalue weighted by Crippen LogP contribution is 2.48. The smallest absolute Gasteiger partial charge is 0.176 e. The van der Waals surface area contributed by atoms with Crippen LogP contribution in [0.15, 0.2) is 84.0 Å². The summed E-state index contributed by atoms with van der Waals surface area (Å²) in [6.45, 7) is 2.07. The fraction of sp³-hybridized carbons (Fsp3) is 0.242. The van der Waals surface area contributed by atoms with Gasteiger partial charge in [-0.05, 0) is 67.0 Å². The molecule has 0 saturated carbocycles. The minimum atomic E-state index is -1.24. The highest BCUT2D eigenvalue weighted by Gasteiger charge is 2.38. The van der Waals surface area contributed by atoms with Crippen molar-refractivity contribution in [1.82, 2.24) is 0 Å². The van der Waals surface area contributed by atoms with Crippen molar-refractivity contribution in [2.45, 2.75) is 38.5 Å². The van der Waals surface area contributed by atoms with Crippen LogP contribution in [0.5, 0.6) is 5.75 Å². The Morgan fingerprint density at radius 1 is 0.949 bits per heavy atom. The summed E-state index contributed by atoms with van der Waals surface area (Å²) in [7, 11) is 1.57. The molecule has 0 fully saturated rings. The van der Waals surface area contributed by atoms with Crippen LogP contribution in [-0.4, -0.2) is 12.9 Å². The molecule has 2 atom stereocenters. The molecule has 0 aromatic heterocycles. The van der Waals surface area contributed by atoms with Gasteiger partial charge in [0, 0.05) is 24.0 Å². The lowest BCUT2D eigenvalue weighted by Gasteiger charge is -2.23. The first-order valence-electron chi connectivity index (χ1n) is 12.9.